The zero-order valence-electron chi connectivity index (χ0n) is 15.0. The Bertz CT molecular complexity index is 912. The summed E-state index contributed by atoms with van der Waals surface area (Å²) in [7, 11) is 1.60. The van der Waals surface area contributed by atoms with Crippen LogP contribution in [-0.2, 0) is 6.54 Å². The minimum Gasteiger partial charge on any atom is -0.497 e. The molecule has 0 fully saturated rings. The molecule has 5 heteroatoms. The molecule has 0 aliphatic carbocycles. The number of anilines is 1. The summed E-state index contributed by atoms with van der Waals surface area (Å²) in [5.41, 5.74) is 4.11. The van der Waals surface area contributed by atoms with Crippen LogP contribution in [0.2, 0.25) is 0 Å². The number of hydrogen-bond acceptors (Lipinski definition) is 2. The molecule has 0 spiro atoms. The van der Waals surface area contributed by atoms with Gasteiger partial charge in [0.2, 0.25) is 0 Å². The number of nitrogens with zero attached hydrogens (tertiary/aromatic N) is 1. The molecule has 3 aromatic rings. The number of aromatic nitrogens is 1. The molecule has 26 heavy (non-hydrogen) atoms. The van der Waals surface area contributed by atoms with Gasteiger partial charge in [0.15, 0.2) is 0 Å². The predicted octanol–water partition coefficient (Wildman–Crippen LogP) is 4.55. The molecule has 2 aromatic carbocycles. The first-order valence-electron chi connectivity index (χ1n) is 8.34. The lowest BCUT2D eigenvalue weighted by Crippen LogP contribution is -2.19. The lowest BCUT2D eigenvalue weighted by Gasteiger charge is -2.13. The summed E-state index contributed by atoms with van der Waals surface area (Å²) in [6, 6.07) is 15.5. The number of methoxy groups -OCH3 is 1. The third-order valence-corrected chi connectivity index (χ3v) is 4.31. The average Bonchev–Trinajstić information content (AvgIpc) is 2.91. The topological polar surface area (TPSA) is 43.3 Å². The average molecular weight is 352 g/mol. The number of carbonyl (C=O) groups excluding carboxylic acids is 1. The second-order valence-electron chi connectivity index (χ2n) is 6.21. The van der Waals surface area contributed by atoms with Crippen molar-refractivity contribution in [2.24, 2.45) is 0 Å². The van der Waals surface area contributed by atoms with Gasteiger partial charge in [0.1, 0.15) is 17.3 Å². The van der Waals surface area contributed by atoms with Crippen LogP contribution in [0.5, 0.6) is 5.75 Å². The van der Waals surface area contributed by atoms with Crippen LogP contribution in [0.1, 0.15) is 27.3 Å². The van der Waals surface area contributed by atoms with Crippen molar-refractivity contribution < 1.29 is 13.9 Å². The molecule has 134 valence electrons. The third kappa shape index (κ3) is 3.77. The van der Waals surface area contributed by atoms with E-state index in [-0.39, 0.29) is 11.7 Å². The lowest BCUT2D eigenvalue weighted by molar-refractivity contribution is 0.101. The van der Waals surface area contributed by atoms with Crippen molar-refractivity contribution in [1.82, 2.24) is 4.57 Å². The van der Waals surface area contributed by atoms with Gasteiger partial charge in [-0.25, -0.2) is 4.39 Å². The predicted molar refractivity (Wildman–Crippen MR) is 100 cm³/mol. The van der Waals surface area contributed by atoms with Gasteiger partial charge in [-0.05, 0) is 67.4 Å². The maximum Gasteiger partial charge on any atom is 0.272 e. The van der Waals surface area contributed by atoms with E-state index < -0.39 is 0 Å². The highest BCUT2D eigenvalue weighted by molar-refractivity contribution is 6.04. The van der Waals surface area contributed by atoms with E-state index in [1.807, 2.05) is 24.5 Å². The number of halogens is 1. The molecule has 0 bridgehead atoms. The van der Waals surface area contributed by atoms with Gasteiger partial charge in [-0.15, -0.1) is 0 Å². The second kappa shape index (κ2) is 7.44. The van der Waals surface area contributed by atoms with Crippen LogP contribution in [0.3, 0.4) is 0 Å². The van der Waals surface area contributed by atoms with Crippen LogP contribution >= 0.6 is 0 Å². The molecule has 4 nitrogen and oxygen atoms in total. The number of ether oxygens (including phenoxy) is 1. The van der Waals surface area contributed by atoms with Gasteiger partial charge in [-0.3, -0.25) is 4.79 Å². The molecule has 1 heterocycles. The fourth-order valence-electron chi connectivity index (χ4n) is 2.99. The first-order chi connectivity index (χ1) is 12.5. The number of benzene rings is 2. The van der Waals surface area contributed by atoms with Gasteiger partial charge < -0.3 is 14.6 Å². The number of hydrogen-bond donors (Lipinski definition) is 1. The van der Waals surface area contributed by atoms with Crippen LogP contribution in [0, 0.1) is 19.7 Å². The maximum absolute atomic E-state index is 13.1. The second-order valence-corrected chi connectivity index (χ2v) is 6.21. The summed E-state index contributed by atoms with van der Waals surface area (Å²) in [4.78, 5) is 12.8. The Morgan fingerprint density at radius 2 is 1.73 bits per heavy atom. The highest BCUT2D eigenvalue weighted by Gasteiger charge is 2.18. The van der Waals surface area contributed by atoms with E-state index in [4.69, 9.17) is 4.74 Å². The summed E-state index contributed by atoms with van der Waals surface area (Å²) in [5.74, 6) is 0.282. The quantitative estimate of drug-likeness (QED) is 0.732. The van der Waals surface area contributed by atoms with Crippen LogP contribution in [0.4, 0.5) is 10.1 Å². The molecule has 0 aliphatic heterocycles. The molecule has 0 saturated heterocycles. The van der Waals surface area contributed by atoms with Gasteiger partial charge in [-0.1, -0.05) is 12.1 Å². The molecule has 1 amide bonds. The Kier molecular flexibility index (Phi) is 5.07. The van der Waals surface area contributed by atoms with E-state index in [2.05, 4.69) is 5.32 Å². The fourth-order valence-corrected chi connectivity index (χ4v) is 2.99. The summed E-state index contributed by atoms with van der Waals surface area (Å²) in [6.45, 7) is 4.38. The lowest BCUT2D eigenvalue weighted by atomic mass is 10.2. The summed E-state index contributed by atoms with van der Waals surface area (Å²) in [5, 5.41) is 2.92. The van der Waals surface area contributed by atoms with Crippen molar-refractivity contribution in [3.63, 3.8) is 0 Å². The summed E-state index contributed by atoms with van der Waals surface area (Å²) in [6.07, 6.45) is 0. The minimum absolute atomic E-state index is 0.178. The van der Waals surface area contributed by atoms with Crippen molar-refractivity contribution in [3.05, 3.63) is 82.9 Å². The van der Waals surface area contributed by atoms with E-state index in [0.717, 1.165) is 22.6 Å². The van der Waals surface area contributed by atoms with Crippen molar-refractivity contribution in [3.8, 4) is 5.75 Å². The molecule has 1 N–H and O–H groups in total. The molecule has 0 radical (unpaired) electrons. The largest absolute Gasteiger partial charge is 0.497 e. The third-order valence-electron chi connectivity index (χ3n) is 4.31. The SMILES string of the molecule is COc1ccc(NC(=O)c2c(C)cc(C)n2Cc2ccc(F)cc2)cc1. The highest BCUT2D eigenvalue weighted by Crippen LogP contribution is 2.20. The molecular weight excluding hydrogens is 331 g/mol. The van der Waals surface area contributed by atoms with E-state index in [9.17, 15) is 9.18 Å². The van der Waals surface area contributed by atoms with E-state index in [1.165, 1.54) is 12.1 Å². The zero-order chi connectivity index (χ0) is 18.7. The van der Waals surface area contributed by atoms with Gasteiger partial charge >= 0.3 is 0 Å². The first kappa shape index (κ1) is 17.7. The monoisotopic (exact) mass is 352 g/mol. The highest BCUT2D eigenvalue weighted by atomic mass is 19.1. The molecule has 0 unspecified atom stereocenters. The van der Waals surface area contributed by atoms with Gasteiger partial charge in [0, 0.05) is 17.9 Å². The standard InChI is InChI=1S/C21H21FN2O2/c1-14-12-15(2)24(13-16-4-6-17(22)7-5-16)20(14)21(25)23-18-8-10-19(26-3)11-9-18/h4-12H,13H2,1-3H3,(H,23,25). The van der Waals surface area contributed by atoms with Crippen molar-refractivity contribution in [2.45, 2.75) is 20.4 Å². The van der Waals surface area contributed by atoms with Crippen LogP contribution in [0.25, 0.3) is 0 Å². The molecule has 0 atom stereocenters. The van der Waals surface area contributed by atoms with Crippen molar-refractivity contribution in [2.75, 3.05) is 12.4 Å². The summed E-state index contributed by atoms with van der Waals surface area (Å²) < 4.78 is 20.2. The van der Waals surface area contributed by atoms with Gasteiger partial charge in [0.25, 0.3) is 5.91 Å². The smallest absolute Gasteiger partial charge is 0.272 e. The maximum atomic E-state index is 13.1. The normalized spacial score (nSPS) is 10.6. The zero-order valence-corrected chi connectivity index (χ0v) is 15.0. The number of nitrogens with one attached hydrogen (secondary N) is 1. The van der Waals surface area contributed by atoms with Crippen molar-refractivity contribution in [1.29, 1.82) is 0 Å². The Morgan fingerprint density at radius 3 is 2.35 bits per heavy atom. The van der Waals surface area contributed by atoms with Crippen LogP contribution in [-0.4, -0.2) is 17.6 Å². The Balaban J connectivity index is 1.86. The molecule has 0 saturated carbocycles. The first-order valence-corrected chi connectivity index (χ1v) is 8.34. The molecular formula is C21H21FN2O2. The van der Waals surface area contributed by atoms with Crippen molar-refractivity contribution >= 4 is 11.6 Å². The number of aryl methyl sites for hydroxylation is 2. The van der Waals surface area contributed by atoms with E-state index in [0.29, 0.717) is 17.9 Å². The fraction of sp³-hybridized carbons (Fsp3) is 0.190. The van der Waals surface area contributed by atoms with Gasteiger partial charge in [0.05, 0.1) is 7.11 Å². The van der Waals surface area contributed by atoms with Crippen LogP contribution < -0.4 is 10.1 Å². The molecule has 3 rings (SSSR count). The minimum atomic E-state index is -0.272. The van der Waals surface area contributed by atoms with E-state index in [1.54, 1.807) is 43.5 Å². The number of rotatable bonds is 5. The summed E-state index contributed by atoms with van der Waals surface area (Å²) >= 11 is 0. The number of carbonyl (C=O) groups is 1. The van der Waals surface area contributed by atoms with E-state index >= 15 is 0 Å². The molecule has 1 aromatic heterocycles. The Morgan fingerprint density at radius 1 is 1.08 bits per heavy atom. The number of amides is 1. The Labute approximate surface area is 152 Å². The van der Waals surface area contributed by atoms with Gasteiger partial charge in [-0.2, -0.15) is 0 Å². The molecule has 0 aliphatic rings. The Hall–Kier alpha value is -3.08. The van der Waals surface area contributed by atoms with Crippen LogP contribution in [0.15, 0.2) is 54.6 Å².